The minimum absolute atomic E-state index is 0.202. The number of carbonyl (C=O) groups excluding carboxylic acids is 3. The monoisotopic (exact) mass is 507 g/mol. The standard InChI is InChI=1S/C24H25F4N5O3/c1-14(24(26,27)28)32(12-15-3-5-16(25)6-4-15)20(34)13-33-21(35)23(30-22(33)36)9-10-31(2)19-11-17(29)7-8-18(19)23/h3-8,11,14H,9-10,12-13,29H2,1-2H3,(H,30,36)/t14-,23?/m0/s1. The van der Waals surface area contributed by atoms with Crippen LogP contribution in [-0.2, 0) is 21.7 Å². The molecule has 1 fully saturated rings. The zero-order valence-electron chi connectivity index (χ0n) is 19.6. The average molecular weight is 507 g/mol. The van der Waals surface area contributed by atoms with Crippen LogP contribution in [0.4, 0.5) is 33.7 Å². The molecule has 2 aliphatic heterocycles. The van der Waals surface area contributed by atoms with Crippen LogP contribution in [0.5, 0.6) is 0 Å². The number of anilines is 2. The first-order valence-electron chi connectivity index (χ1n) is 11.2. The molecule has 2 heterocycles. The van der Waals surface area contributed by atoms with E-state index in [-0.39, 0.29) is 12.0 Å². The van der Waals surface area contributed by atoms with Crippen molar-refractivity contribution in [2.45, 2.75) is 37.6 Å². The zero-order valence-corrected chi connectivity index (χ0v) is 19.6. The first-order valence-corrected chi connectivity index (χ1v) is 11.2. The Bertz CT molecular complexity index is 1200. The number of hydrogen-bond donors (Lipinski definition) is 2. The quantitative estimate of drug-likeness (QED) is 0.368. The second-order valence-electron chi connectivity index (χ2n) is 9.04. The first kappa shape index (κ1) is 25.3. The van der Waals surface area contributed by atoms with E-state index >= 15 is 0 Å². The van der Waals surface area contributed by atoms with Gasteiger partial charge in [0.1, 0.15) is 18.4 Å². The highest BCUT2D eigenvalue weighted by Crippen LogP contribution is 2.42. The fourth-order valence-corrected chi connectivity index (χ4v) is 4.57. The van der Waals surface area contributed by atoms with E-state index in [0.29, 0.717) is 33.3 Å². The molecule has 8 nitrogen and oxygen atoms in total. The number of hydrogen-bond acceptors (Lipinski definition) is 5. The summed E-state index contributed by atoms with van der Waals surface area (Å²) in [6.07, 6.45) is -4.56. The number of urea groups is 1. The number of halogens is 4. The minimum Gasteiger partial charge on any atom is -0.399 e. The number of imide groups is 1. The van der Waals surface area contributed by atoms with Gasteiger partial charge in [0, 0.05) is 43.5 Å². The van der Waals surface area contributed by atoms with Crippen LogP contribution in [0.2, 0.25) is 0 Å². The summed E-state index contributed by atoms with van der Waals surface area (Å²) >= 11 is 0. The summed E-state index contributed by atoms with van der Waals surface area (Å²) in [4.78, 5) is 42.6. The van der Waals surface area contributed by atoms with Crippen molar-refractivity contribution in [3.63, 3.8) is 0 Å². The van der Waals surface area contributed by atoms with Crippen LogP contribution in [0.3, 0.4) is 0 Å². The summed E-state index contributed by atoms with van der Waals surface area (Å²) in [6.45, 7) is -0.159. The normalized spacial score (nSPS) is 20.4. The predicted molar refractivity (Wildman–Crippen MR) is 123 cm³/mol. The topological polar surface area (TPSA) is 99.0 Å². The molecule has 1 saturated heterocycles. The fourth-order valence-electron chi connectivity index (χ4n) is 4.57. The van der Waals surface area contributed by atoms with Gasteiger partial charge in [-0.3, -0.25) is 14.5 Å². The van der Waals surface area contributed by atoms with Crippen molar-refractivity contribution >= 4 is 29.2 Å². The Morgan fingerprint density at radius 1 is 1.19 bits per heavy atom. The smallest absolute Gasteiger partial charge is 0.399 e. The predicted octanol–water partition coefficient (Wildman–Crippen LogP) is 2.97. The van der Waals surface area contributed by atoms with Crippen LogP contribution >= 0.6 is 0 Å². The van der Waals surface area contributed by atoms with Gasteiger partial charge < -0.3 is 20.9 Å². The lowest BCUT2D eigenvalue weighted by atomic mass is 9.82. The van der Waals surface area contributed by atoms with Gasteiger partial charge in [-0.15, -0.1) is 0 Å². The average Bonchev–Trinajstić information content (AvgIpc) is 3.05. The number of amides is 4. The number of rotatable bonds is 5. The third-order valence-corrected chi connectivity index (χ3v) is 6.71. The lowest BCUT2D eigenvalue weighted by Gasteiger charge is -2.38. The van der Waals surface area contributed by atoms with Crippen LogP contribution in [-0.4, -0.2) is 60.0 Å². The summed E-state index contributed by atoms with van der Waals surface area (Å²) in [5, 5.41) is 2.66. The molecule has 0 aliphatic carbocycles. The van der Waals surface area contributed by atoms with Gasteiger partial charge in [-0.2, -0.15) is 13.2 Å². The largest absolute Gasteiger partial charge is 0.408 e. The van der Waals surface area contributed by atoms with Crippen molar-refractivity contribution in [3.8, 4) is 0 Å². The van der Waals surface area contributed by atoms with Gasteiger partial charge >= 0.3 is 12.2 Å². The molecule has 0 aromatic heterocycles. The molecule has 2 aromatic carbocycles. The maximum Gasteiger partial charge on any atom is 0.408 e. The number of nitrogens with one attached hydrogen (secondary N) is 1. The van der Waals surface area contributed by atoms with E-state index in [2.05, 4.69) is 5.32 Å². The lowest BCUT2D eigenvalue weighted by molar-refractivity contribution is -0.187. The van der Waals surface area contributed by atoms with E-state index in [0.717, 1.165) is 19.1 Å². The zero-order chi connectivity index (χ0) is 26.4. The van der Waals surface area contributed by atoms with Crippen molar-refractivity contribution in [2.24, 2.45) is 0 Å². The third kappa shape index (κ3) is 4.42. The number of nitrogens with two attached hydrogens (primary N) is 1. The van der Waals surface area contributed by atoms with Crippen LogP contribution < -0.4 is 16.0 Å². The second kappa shape index (κ2) is 8.99. The lowest BCUT2D eigenvalue weighted by Crippen LogP contribution is -2.52. The van der Waals surface area contributed by atoms with Gasteiger partial charge in [0.15, 0.2) is 5.54 Å². The number of nitrogens with zero attached hydrogens (tertiary/aromatic N) is 3. The molecular formula is C24H25F4N5O3. The molecule has 1 unspecified atom stereocenters. The number of fused-ring (bicyclic) bond motifs is 2. The van der Waals surface area contributed by atoms with Gasteiger partial charge in [-0.05, 0) is 36.8 Å². The maximum absolute atomic E-state index is 13.6. The highest BCUT2D eigenvalue weighted by atomic mass is 19.4. The van der Waals surface area contributed by atoms with Crippen LogP contribution in [0.1, 0.15) is 24.5 Å². The van der Waals surface area contributed by atoms with Crippen LogP contribution in [0.25, 0.3) is 0 Å². The van der Waals surface area contributed by atoms with Crippen molar-refractivity contribution < 1.29 is 31.9 Å². The molecule has 3 N–H and O–H groups in total. The van der Waals surface area contributed by atoms with E-state index in [4.69, 9.17) is 5.73 Å². The molecule has 1 spiro atoms. The Hall–Kier alpha value is -3.83. The number of nitrogen functional groups attached to an aromatic ring is 1. The fraction of sp³-hybridized carbons (Fsp3) is 0.375. The van der Waals surface area contributed by atoms with Crippen molar-refractivity contribution in [3.05, 3.63) is 59.4 Å². The van der Waals surface area contributed by atoms with E-state index in [9.17, 15) is 31.9 Å². The highest BCUT2D eigenvalue weighted by Gasteiger charge is 2.55. The molecule has 0 radical (unpaired) electrons. The Kier molecular flexibility index (Phi) is 6.31. The second-order valence-corrected chi connectivity index (χ2v) is 9.04. The van der Waals surface area contributed by atoms with Gasteiger partial charge in [-0.1, -0.05) is 18.2 Å². The summed E-state index contributed by atoms with van der Waals surface area (Å²) < 4.78 is 54.0. The van der Waals surface area contributed by atoms with E-state index in [1.165, 1.54) is 12.1 Å². The van der Waals surface area contributed by atoms with E-state index in [1.807, 2.05) is 4.90 Å². The number of benzene rings is 2. The van der Waals surface area contributed by atoms with E-state index in [1.54, 1.807) is 25.2 Å². The number of carbonyl (C=O) groups is 3. The molecule has 2 aliphatic rings. The molecule has 192 valence electrons. The van der Waals surface area contributed by atoms with Gasteiger partial charge in [0.25, 0.3) is 5.91 Å². The van der Waals surface area contributed by atoms with Crippen molar-refractivity contribution in [1.29, 1.82) is 0 Å². The summed E-state index contributed by atoms with van der Waals surface area (Å²) in [5.74, 6) is -2.37. The van der Waals surface area contributed by atoms with Crippen molar-refractivity contribution in [1.82, 2.24) is 15.1 Å². The molecule has 4 amide bonds. The molecule has 0 saturated carbocycles. The summed E-state index contributed by atoms with van der Waals surface area (Å²) in [6, 6.07) is 6.46. The molecule has 12 heteroatoms. The molecule has 2 atom stereocenters. The van der Waals surface area contributed by atoms with Crippen LogP contribution in [0.15, 0.2) is 42.5 Å². The summed E-state index contributed by atoms with van der Waals surface area (Å²) in [5.41, 5.74) is 6.27. The molecular weight excluding hydrogens is 482 g/mol. The molecule has 2 aromatic rings. The minimum atomic E-state index is -4.76. The molecule has 4 rings (SSSR count). The Labute approximate surface area is 204 Å². The molecule has 0 bridgehead atoms. The maximum atomic E-state index is 13.6. The first-order chi connectivity index (χ1) is 16.8. The summed E-state index contributed by atoms with van der Waals surface area (Å²) in [7, 11) is 1.81. The number of alkyl halides is 3. The van der Waals surface area contributed by atoms with Gasteiger partial charge in [0.05, 0.1) is 0 Å². The molecule has 36 heavy (non-hydrogen) atoms. The SMILES string of the molecule is C[C@H](N(Cc1ccc(F)cc1)C(=O)CN1C(=O)NC2(CCN(C)c3cc(N)ccc32)C1=O)C(F)(F)F. The van der Waals surface area contributed by atoms with Gasteiger partial charge in [0.2, 0.25) is 5.91 Å². The Morgan fingerprint density at radius 2 is 1.86 bits per heavy atom. The van der Waals surface area contributed by atoms with Gasteiger partial charge in [-0.25, -0.2) is 9.18 Å². The van der Waals surface area contributed by atoms with E-state index < -0.39 is 54.5 Å². The van der Waals surface area contributed by atoms with Crippen LogP contribution in [0, 0.1) is 5.82 Å². The highest BCUT2D eigenvalue weighted by molar-refractivity contribution is 6.10. The third-order valence-electron chi connectivity index (χ3n) is 6.71. The van der Waals surface area contributed by atoms with Crippen molar-refractivity contribution in [2.75, 3.05) is 30.8 Å². The Balaban J connectivity index is 1.62. The Morgan fingerprint density at radius 3 is 2.50 bits per heavy atom.